The highest BCUT2D eigenvalue weighted by Gasteiger charge is 2.58. The molecule has 5 rings (SSSR count). The first-order valence-electron chi connectivity index (χ1n) is 6.51. The van der Waals surface area contributed by atoms with Crippen molar-refractivity contribution >= 4 is 0 Å². The van der Waals surface area contributed by atoms with Crippen LogP contribution in [0.1, 0.15) is 6.29 Å². The molecule has 0 bridgehead atoms. The van der Waals surface area contributed by atoms with Gasteiger partial charge in [0.05, 0.1) is 0 Å². The minimum Gasteiger partial charge on any atom is -0.0680 e. The second kappa shape index (κ2) is 3.06. The quantitative estimate of drug-likeness (QED) is 0.362. The predicted molar refractivity (Wildman–Crippen MR) is 67.7 cm³/mol. The normalized spacial score (nSPS) is 14.1. The summed E-state index contributed by atoms with van der Waals surface area (Å²) in [5, 5.41) is 0. The summed E-state index contributed by atoms with van der Waals surface area (Å²) in [6, 6.07) is 19.3. The molecule has 88 valence electrons. The lowest BCUT2D eigenvalue weighted by Crippen LogP contribution is -2.63. The third-order valence-corrected chi connectivity index (χ3v) is 4.06. The summed E-state index contributed by atoms with van der Waals surface area (Å²) in [6.45, 7) is 0. The molecule has 3 aromatic rings. The highest BCUT2D eigenvalue weighted by atomic mass is 15.4. The van der Waals surface area contributed by atoms with Crippen molar-refractivity contribution in [2.24, 2.45) is 0 Å². The molecule has 0 aliphatic carbocycles. The Morgan fingerprint density at radius 3 is 1.68 bits per heavy atom. The largest absolute Gasteiger partial charge is 0.555 e. The molecule has 0 spiro atoms. The molecule has 0 unspecified atom stereocenters. The maximum absolute atomic E-state index is 2.41. The molecule has 0 radical (unpaired) electrons. The number of fused-ring (bicyclic) bond motifs is 6. The zero-order valence-electron chi connectivity index (χ0n) is 10.3. The zero-order valence-corrected chi connectivity index (χ0v) is 10.3. The van der Waals surface area contributed by atoms with E-state index in [0.717, 1.165) is 0 Å². The van der Waals surface area contributed by atoms with Gasteiger partial charge in [0.25, 0.3) is 22.8 Å². The summed E-state index contributed by atoms with van der Waals surface area (Å²) < 4.78 is 7.06. The number of nitrogens with zero attached hydrogens (tertiary/aromatic N) is 3. The lowest BCUT2D eigenvalue weighted by atomic mass is 10.2. The number of hydrogen-bond donors (Lipinski definition) is 0. The smallest absolute Gasteiger partial charge is 0.0680 e. The Hall–Kier alpha value is -2.55. The topological polar surface area (TPSA) is 11.6 Å². The Balaban J connectivity index is 1.99. The van der Waals surface area contributed by atoms with E-state index in [9.17, 15) is 0 Å². The number of pyridine rings is 3. The van der Waals surface area contributed by atoms with E-state index in [1.807, 2.05) is 0 Å². The molecule has 2 aliphatic rings. The number of aromatic nitrogens is 3. The van der Waals surface area contributed by atoms with Gasteiger partial charge >= 0.3 is 6.29 Å². The van der Waals surface area contributed by atoms with Crippen LogP contribution in [0.15, 0.2) is 67.0 Å². The molecule has 3 nitrogen and oxygen atoms in total. The molecular formula is C16H12N3+3. The van der Waals surface area contributed by atoms with Gasteiger partial charge in [-0.2, -0.15) is 0 Å². The van der Waals surface area contributed by atoms with Crippen molar-refractivity contribution in [3.63, 3.8) is 0 Å². The summed E-state index contributed by atoms with van der Waals surface area (Å²) in [7, 11) is 0. The molecule has 0 aromatic carbocycles. The Morgan fingerprint density at radius 2 is 1.11 bits per heavy atom. The first kappa shape index (κ1) is 9.39. The highest BCUT2D eigenvalue weighted by Crippen LogP contribution is 2.27. The van der Waals surface area contributed by atoms with Crippen LogP contribution in [0, 0.1) is 0 Å². The second-order valence-corrected chi connectivity index (χ2v) is 5.00. The van der Waals surface area contributed by atoms with Gasteiger partial charge in [-0.3, -0.25) is 0 Å². The van der Waals surface area contributed by atoms with E-state index in [-0.39, 0.29) is 6.29 Å². The van der Waals surface area contributed by atoms with Gasteiger partial charge in [-0.25, -0.2) is 0 Å². The fraction of sp³-hybridized carbons (Fsp3) is 0.0625. The zero-order chi connectivity index (χ0) is 12.4. The highest BCUT2D eigenvalue weighted by molar-refractivity contribution is 5.54. The lowest BCUT2D eigenvalue weighted by molar-refractivity contribution is -1.08. The SMILES string of the molecule is c1cc[n+]2c(c1)-c1cccc3[n+]1C2[n+]1ccccc1-3. The van der Waals surface area contributed by atoms with Crippen molar-refractivity contribution in [2.75, 3.05) is 0 Å². The molecule has 3 aromatic heterocycles. The van der Waals surface area contributed by atoms with Gasteiger partial charge in [0.1, 0.15) is 0 Å². The van der Waals surface area contributed by atoms with Gasteiger partial charge in [-0.15, -0.1) is 0 Å². The second-order valence-electron chi connectivity index (χ2n) is 5.00. The molecule has 5 heterocycles. The molecule has 0 atom stereocenters. The first-order chi connectivity index (χ1) is 9.45. The van der Waals surface area contributed by atoms with E-state index >= 15 is 0 Å². The van der Waals surface area contributed by atoms with Gasteiger partial charge in [-0.1, -0.05) is 13.7 Å². The summed E-state index contributed by atoms with van der Waals surface area (Å²) in [5.74, 6) is 0. The fourth-order valence-electron chi connectivity index (χ4n) is 3.32. The average molecular weight is 246 g/mol. The van der Waals surface area contributed by atoms with Gasteiger partial charge in [0, 0.05) is 36.4 Å². The lowest BCUT2D eigenvalue weighted by Gasteiger charge is -1.93. The maximum atomic E-state index is 2.41. The summed E-state index contributed by atoms with van der Waals surface area (Å²) in [5.41, 5.74) is 5.12. The molecule has 0 saturated heterocycles. The van der Waals surface area contributed by atoms with Crippen LogP contribution in [0.25, 0.3) is 22.8 Å². The Labute approximate surface area is 110 Å². The third-order valence-electron chi connectivity index (χ3n) is 4.06. The van der Waals surface area contributed by atoms with Crippen LogP contribution >= 0.6 is 0 Å². The van der Waals surface area contributed by atoms with Crippen LogP contribution in [0.4, 0.5) is 0 Å². The van der Waals surface area contributed by atoms with Crippen molar-refractivity contribution in [3.8, 4) is 22.8 Å². The Bertz CT molecular complexity index is 773. The van der Waals surface area contributed by atoms with Gasteiger partial charge in [-0.05, 0) is 18.2 Å². The van der Waals surface area contributed by atoms with Gasteiger partial charge in [0.2, 0.25) is 0 Å². The predicted octanol–water partition coefficient (Wildman–Crippen LogP) is 1.06. The van der Waals surface area contributed by atoms with Gasteiger partial charge < -0.3 is 0 Å². The van der Waals surface area contributed by atoms with Crippen molar-refractivity contribution in [1.29, 1.82) is 0 Å². The summed E-state index contributed by atoms with van der Waals surface area (Å²) in [6.07, 6.45) is 4.52. The summed E-state index contributed by atoms with van der Waals surface area (Å²) >= 11 is 0. The van der Waals surface area contributed by atoms with E-state index in [2.05, 4.69) is 80.7 Å². The fourth-order valence-corrected chi connectivity index (χ4v) is 3.32. The summed E-state index contributed by atoms with van der Waals surface area (Å²) in [4.78, 5) is 0. The van der Waals surface area contributed by atoms with Crippen LogP contribution in [0.3, 0.4) is 0 Å². The van der Waals surface area contributed by atoms with Crippen LogP contribution in [-0.2, 0) is 0 Å². The maximum Gasteiger partial charge on any atom is 0.555 e. The Morgan fingerprint density at radius 1 is 0.579 bits per heavy atom. The first-order valence-corrected chi connectivity index (χ1v) is 6.51. The van der Waals surface area contributed by atoms with Crippen LogP contribution < -0.4 is 13.7 Å². The van der Waals surface area contributed by atoms with Crippen LogP contribution in [0.2, 0.25) is 0 Å². The average Bonchev–Trinajstić information content (AvgIpc) is 2.99. The van der Waals surface area contributed by atoms with E-state index in [0.29, 0.717) is 0 Å². The van der Waals surface area contributed by atoms with Crippen molar-refractivity contribution in [2.45, 2.75) is 6.29 Å². The molecule has 0 fully saturated rings. The molecule has 19 heavy (non-hydrogen) atoms. The van der Waals surface area contributed by atoms with Crippen LogP contribution in [-0.4, -0.2) is 0 Å². The molecule has 3 heteroatoms. The van der Waals surface area contributed by atoms with Crippen molar-refractivity contribution in [3.05, 3.63) is 67.0 Å². The minimum atomic E-state index is 0.207. The minimum absolute atomic E-state index is 0.207. The van der Waals surface area contributed by atoms with Crippen molar-refractivity contribution in [1.82, 2.24) is 0 Å². The third kappa shape index (κ3) is 0.978. The molecule has 2 aliphatic heterocycles. The van der Waals surface area contributed by atoms with E-state index in [1.165, 1.54) is 22.8 Å². The Kier molecular flexibility index (Phi) is 1.51. The molecule has 0 N–H and O–H groups in total. The molecule has 0 amide bonds. The monoisotopic (exact) mass is 246 g/mol. The standard InChI is InChI=1S/C16H12N3/c1-3-10-17-12(6-1)14-8-5-9-15-13-7-2-4-11-18(13)16(17)19(14)15/h1-11,16H/q+3. The number of rotatable bonds is 0. The molecular weight excluding hydrogens is 234 g/mol. The van der Waals surface area contributed by atoms with Crippen molar-refractivity contribution < 1.29 is 13.7 Å². The molecule has 0 saturated carbocycles. The van der Waals surface area contributed by atoms with E-state index < -0.39 is 0 Å². The van der Waals surface area contributed by atoms with Gasteiger partial charge in [0.15, 0.2) is 12.4 Å². The van der Waals surface area contributed by atoms with Crippen LogP contribution in [0.5, 0.6) is 0 Å². The van der Waals surface area contributed by atoms with E-state index in [1.54, 1.807) is 0 Å². The van der Waals surface area contributed by atoms with E-state index in [4.69, 9.17) is 0 Å². The number of hydrogen-bond acceptors (Lipinski definition) is 0.